The first kappa shape index (κ1) is 18.0. The highest BCUT2D eigenvalue weighted by Gasteiger charge is 2.27. The number of hydrogen-bond donors (Lipinski definition) is 1. The van der Waals surface area contributed by atoms with Crippen LogP contribution < -0.4 is 0 Å². The first-order valence-electron chi connectivity index (χ1n) is 8.07. The molecule has 0 radical (unpaired) electrons. The number of esters is 1. The summed E-state index contributed by atoms with van der Waals surface area (Å²) in [6, 6.07) is 11.3. The summed E-state index contributed by atoms with van der Waals surface area (Å²) in [6.45, 7) is 3.49. The summed E-state index contributed by atoms with van der Waals surface area (Å²) in [6.07, 6.45) is 0. The number of phenolic OH excluding ortho intramolecular Hbond substituents is 1. The van der Waals surface area contributed by atoms with E-state index in [1.54, 1.807) is 54.8 Å². The number of hydrogen-bond acceptors (Lipinski definition) is 4. The van der Waals surface area contributed by atoms with Gasteiger partial charge in [0, 0.05) is 21.7 Å². The zero-order chi connectivity index (χ0) is 19.0. The Kier molecular flexibility index (Phi) is 4.74. The average molecular weight is 372 g/mol. The lowest BCUT2D eigenvalue weighted by Gasteiger charge is -2.11. The van der Waals surface area contributed by atoms with Gasteiger partial charge in [0.1, 0.15) is 5.75 Å². The third kappa shape index (κ3) is 2.95. The highest BCUT2D eigenvalue weighted by atomic mass is 35.5. The molecule has 26 heavy (non-hydrogen) atoms. The normalized spacial score (nSPS) is 12.2. The van der Waals surface area contributed by atoms with E-state index >= 15 is 0 Å². The van der Waals surface area contributed by atoms with Gasteiger partial charge in [-0.3, -0.25) is 14.2 Å². The van der Waals surface area contributed by atoms with Gasteiger partial charge in [0.15, 0.2) is 0 Å². The summed E-state index contributed by atoms with van der Waals surface area (Å²) in [5.74, 6) is -1.16. The lowest BCUT2D eigenvalue weighted by molar-refractivity contribution is -0.141. The summed E-state index contributed by atoms with van der Waals surface area (Å²) in [7, 11) is 1.32. The SMILES string of the molecule is COC(=O)[C@H](C)c1c(C)n(C(=O)c2ccc(Cl)cc2)c2ccc(O)cc12. The van der Waals surface area contributed by atoms with E-state index in [4.69, 9.17) is 16.3 Å². The molecule has 134 valence electrons. The number of ether oxygens (including phenoxy) is 1. The van der Waals surface area contributed by atoms with Crippen molar-refractivity contribution >= 4 is 34.4 Å². The molecule has 6 heteroatoms. The molecule has 0 fully saturated rings. The predicted molar refractivity (Wildman–Crippen MR) is 100.0 cm³/mol. The standard InChI is InChI=1S/C20H18ClNO4/c1-11(20(25)26-3)18-12(2)22(17-9-8-15(23)10-16(17)18)19(24)13-4-6-14(21)7-5-13/h4-11,23H,1-3H3/t11-/m1/s1. The Morgan fingerprint density at radius 1 is 1.15 bits per heavy atom. The van der Waals surface area contributed by atoms with Crippen LogP contribution in [0.25, 0.3) is 10.9 Å². The van der Waals surface area contributed by atoms with Crippen LogP contribution in [0.15, 0.2) is 42.5 Å². The minimum absolute atomic E-state index is 0.0620. The number of benzene rings is 2. The third-order valence-corrected chi connectivity index (χ3v) is 4.77. The Morgan fingerprint density at radius 3 is 2.42 bits per heavy atom. The van der Waals surface area contributed by atoms with Gasteiger partial charge in [-0.15, -0.1) is 0 Å². The monoisotopic (exact) mass is 371 g/mol. The van der Waals surface area contributed by atoms with Crippen molar-refractivity contribution in [2.75, 3.05) is 7.11 Å². The van der Waals surface area contributed by atoms with E-state index in [0.29, 0.717) is 32.7 Å². The largest absolute Gasteiger partial charge is 0.508 e. The maximum Gasteiger partial charge on any atom is 0.312 e. The van der Waals surface area contributed by atoms with Gasteiger partial charge in [0.25, 0.3) is 5.91 Å². The molecule has 0 bridgehead atoms. The average Bonchev–Trinajstić information content (AvgIpc) is 2.91. The van der Waals surface area contributed by atoms with Crippen molar-refractivity contribution in [2.45, 2.75) is 19.8 Å². The smallest absolute Gasteiger partial charge is 0.312 e. The van der Waals surface area contributed by atoms with Crippen LogP contribution in [0.4, 0.5) is 0 Å². The van der Waals surface area contributed by atoms with Gasteiger partial charge in [0.2, 0.25) is 0 Å². The van der Waals surface area contributed by atoms with Crippen molar-refractivity contribution in [3.05, 3.63) is 64.3 Å². The summed E-state index contributed by atoms with van der Waals surface area (Å²) >= 11 is 5.91. The molecular formula is C20H18ClNO4. The van der Waals surface area contributed by atoms with Crippen LogP contribution in [0.5, 0.6) is 5.75 Å². The van der Waals surface area contributed by atoms with Gasteiger partial charge < -0.3 is 9.84 Å². The molecule has 0 amide bonds. The Morgan fingerprint density at radius 2 is 1.81 bits per heavy atom. The molecule has 0 aliphatic heterocycles. The van der Waals surface area contributed by atoms with Crippen LogP contribution in [0, 0.1) is 6.92 Å². The van der Waals surface area contributed by atoms with Crippen molar-refractivity contribution in [1.29, 1.82) is 0 Å². The number of phenols is 1. The zero-order valence-corrected chi connectivity index (χ0v) is 15.4. The number of aromatic nitrogens is 1. The van der Waals surface area contributed by atoms with E-state index in [1.165, 1.54) is 13.2 Å². The molecule has 2 aromatic carbocycles. The number of halogens is 1. The fourth-order valence-corrected chi connectivity index (χ4v) is 3.38. The van der Waals surface area contributed by atoms with Gasteiger partial charge >= 0.3 is 5.97 Å². The van der Waals surface area contributed by atoms with Gasteiger partial charge in [-0.1, -0.05) is 11.6 Å². The molecule has 0 unspecified atom stereocenters. The minimum Gasteiger partial charge on any atom is -0.508 e. The van der Waals surface area contributed by atoms with Crippen molar-refractivity contribution < 1.29 is 19.4 Å². The molecule has 3 aromatic rings. The van der Waals surface area contributed by atoms with Gasteiger partial charge in [-0.05, 0) is 61.9 Å². The van der Waals surface area contributed by atoms with Gasteiger partial charge in [-0.25, -0.2) is 0 Å². The quantitative estimate of drug-likeness (QED) is 0.698. The fourth-order valence-electron chi connectivity index (χ4n) is 3.26. The maximum absolute atomic E-state index is 13.1. The summed E-state index contributed by atoms with van der Waals surface area (Å²) in [4.78, 5) is 25.2. The molecular weight excluding hydrogens is 354 g/mol. The van der Waals surface area contributed by atoms with Gasteiger partial charge in [0.05, 0.1) is 18.5 Å². The zero-order valence-electron chi connectivity index (χ0n) is 14.6. The van der Waals surface area contributed by atoms with E-state index < -0.39 is 11.9 Å². The van der Waals surface area contributed by atoms with Crippen LogP contribution >= 0.6 is 11.6 Å². The molecule has 1 heterocycles. The molecule has 0 spiro atoms. The van der Waals surface area contributed by atoms with Crippen molar-refractivity contribution in [1.82, 2.24) is 4.57 Å². The van der Waals surface area contributed by atoms with E-state index in [-0.39, 0.29) is 11.7 Å². The van der Waals surface area contributed by atoms with E-state index in [1.807, 2.05) is 0 Å². The molecule has 1 N–H and O–H groups in total. The van der Waals surface area contributed by atoms with Crippen molar-refractivity contribution in [3.8, 4) is 5.75 Å². The number of fused-ring (bicyclic) bond motifs is 1. The Labute approximate surface area is 155 Å². The van der Waals surface area contributed by atoms with E-state index in [9.17, 15) is 14.7 Å². The number of rotatable bonds is 3. The predicted octanol–water partition coefficient (Wildman–Crippen LogP) is 4.27. The molecule has 0 aliphatic carbocycles. The van der Waals surface area contributed by atoms with Crippen LogP contribution in [-0.2, 0) is 9.53 Å². The summed E-state index contributed by atoms with van der Waals surface area (Å²) < 4.78 is 6.41. The highest BCUT2D eigenvalue weighted by Crippen LogP contribution is 2.35. The molecule has 1 aromatic heterocycles. The molecule has 0 saturated heterocycles. The maximum atomic E-state index is 13.1. The van der Waals surface area contributed by atoms with Crippen LogP contribution in [0.3, 0.4) is 0 Å². The number of nitrogens with zero attached hydrogens (tertiary/aromatic N) is 1. The number of carbonyl (C=O) groups is 2. The van der Waals surface area contributed by atoms with Gasteiger partial charge in [-0.2, -0.15) is 0 Å². The molecule has 1 atom stereocenters. The lowest BCUT2D eigenvalue weighted by atomic mass is 9.98. The van der Waals surface area contributed by atoms with E-state index in [2.05, 4.69) is 0 Å². The Bertz CT molecular complexity index is 1000. The molecule has 0 saturated carbocycles. The number of aromatic hydroxyl groups is 1. The first-order chi connectivity index (χ1) is 12.3. The fraction of sp³-hybridized carbons (Fsp3) is 0.200. The minimum atomic E-state index is -0.580. The lowest BCUT2D eigenvalue weighted by Crippen LogP contribution is -2.15. The number of carbonyl (C=O) groups excluding carboxylic acids is 2. The Balaban J connectivity index is 2.26. The second-order valence-corrected chi connectivity index (χ2v) is 6.53. The van der Waals surface area contributed by atoms with Crippen LogP contribution in [-0.4, -0.2) is 28.7 Å². The molecule has 3 rings (SSSR count). The Hall–Kier alpha value is -2.79. The second kappa shape index (κ2) is 6.84. The topological polar surface area (TPSA) is 68.5 Å². The van der Waals surface area contributed by atoms with E-state index in [0.717, 1.165) is 0 Å². The van der Waals surface area contributed by atoms with Crippen molar-refractivity contribution in [2.24, 2.45) is 0 Å². The first-order valence-corrected chi connectivity index (χ1v) is 8.45. The number of methoxy groups -OCH3 is 1. The summed E-state index contributed by atoms with van der Waals surface area (Å²) in [5.41, 5.74) is 2.37. The summed E-state index contributed by atoms with van der Waals surface area (Å²) in [5, 5.41) is 11.1. The molecule has 0 aliphatic rings. The van der Waals surface area contributed by atoms with Crippen LogP contribution in [0.1, 0.15) is 34.5 Å². The van der Waals surface area contributed by atoms with Crippen LogP contribution in [0.2, 0.25) is 5.02 Å². The molecule has 5 nitrogen and oxygen atoms in total. The van der Waals surface area contributed by atoms with Crippen molar-refractivity contribution in [3.63, 3.8) is 0 Å². The second-order valence-electron chi connectivity index (χ2n) is 6.09. The highest BCUT2D eigenvalue weighted by molar-refractivity contribution is 6.30. The third-order valence-electron chi connectivity index (χ3n) is 4.52.